The highest BCUT2D eigenvalue weighted by Gasteiger charge is 2.21. The number of nitrogens with one attached hydrogen (secondary N) is 2. The van der Waals surface area contributed by atoms with Gasteiger partial charge in [0.1, 0.15) is 5.01 Å². The van der Waals surface area contributed by atoms with Gasteiger partial charge in [0, 0.05) is 42.4 Å². The molecule has 0 saturated carbocycles. The summed E-state index contributed by atoms with van der Waals surface area (Å²) in [6.07, 6.45) is 5.37. The van der Waals surface area contributed by atoms with Gasteiger partial charge in [-0.1, -0.05) is 24.6 Å². The fourth-order valence-electron chi connectivity index (χ4n) is 3.33. The summed E-state index contributed by atoms with van der Waals surface area (Å²) in [4.78, 5) is 13.0. The van der Waals surface area contributed by atoms with Crippen LogP contribution in [-0.2, 0) is 13.0 Å². The van der Waals surface area contributed by atoms with E-state index in [1.54, 1.807) is 11.3 Å². The van der Waals surface area contributed by atoms with Gasteiger partial charge in [-0.2, -0.15) is 0 Å². The molecule has 0 amide bonds. The molecule has 1 atom stereocenters. The molecule has 1 fully saturated rings. The molecule has 0 spiro atoms. The van der Waals surface area contributed by atoms with E-state index in [9.17, 15) is 0 Å². The van der Waals surface area contributed by atoms with Crippen LogP contribution in [0.4, 0.5) is 5.69 Å². The number of benzene rings is 1. The summed E-state index contributed by atoms with van der Waals surface area (Å²) < 4.78 is 0. The van der Waals surface area contributed by atoms with E-state index in [2.05, 4.69) is 65.6 Å². The van der Waals surface area contributed by atoms with Crippen LogP contribution in [0.5, 0.6) is 0 Å². The first kappa shape index (κ1) is 19.7. The summed E-state index contributed by atoms with van der Waals surface area (Å²) in [6.45, 7) is 10.0. The molecular weight excluding hydrogens is 354 g/mol. The molecular formula is C21H31N5S. The fourth-order valence-corrected chi connectivity index (χ4v) is 4.12. The van der Waals surface area contributed by atoms with E-state index < -0.39 is 0 Å². The molecule has 1 aliphatic heterocycles. The van der Waals surface area contributed by atoms with Crippen molar-refractivity contribution in [2.45, 2.75) is 52.6 Å². The number of thiazole rings is 1. The van der Waals surface area contributed by atoms with E-state index in [1.165, 1.54) is 29.0 Å². The van der Waals surface area contributed by atoms with Crippen LogP contribution >= 0.6 is 11.3 Å². The van der Waals surface area contributed by atoms with Crippen LogP contribution in [0.2, 0.25) is 0 Å². The molecule has 0 radical (unpaired) electrons. The number of hydrogen-bond acceptors (Lipinski definition) is 4. The molecule has 1 aromatic heterocycles. The van der Waals surface area contributed by atoms with Crippen LogP contribution in [0.1, 0.15) is 42.1 Å². The van der Waals surface area contributed by atoms with Crippen molar-refractivity contribution in [2.24, 2.45) is 4.99 Å². The highest BCUT2D eigenvalue weighted by Crippen LogP contribution is 2.20. The molecule has 6 heteroatoms. The Hall–Kier alpha value is -2.08. The van der Waals surface area contributed by atoms with Gasteiger partial charge in [0.15, 0.2) is 5.96 Å². The second-order valence-electron chi connectivity index (χ2n) is 7.03. The first-order valence-electron chi connectivity index (χ1n) is 9.98. The highest BCUT2D eigenvalue weighted by molar-refractivity contribution is 7.11. The van der Waals surface area contributed by atoms with Gasteiger partial charge in [-0.15, -0.1) is 11.3 Å². The van der Waals surface area contributed by atoms with Crippen molar-refractivity contribution in [1.29, 1.82) is 0 Å². The molecule has 1 saturated heterocycles. The third kappa shape index (κ3) is 5.70. The Bertz CT molecular complexity index is 737. The van der Waals surface area contributed by atoms with Crippen molar-refractivity contribution in [3.63, 3.8) is 0 Å². The highest BCUT2D eigenvalue weighted by atomic mass is 32.1. The first-order chi connectivity index (χ1) is 13.2. The number of aryl methyl sites for hydroxylation is 2. The Morgan fingerprint density at radius 1 is 1.30 bits per heavy atom. The number of piperidine rings is 1. The van der Waals surface area contributed by atoms with Crippen LogP contribution in [0, 0.1) is 6.92 Å². The zero-order chi connectivity index (χ0) is 19.1. The number of aliphatic imine (C=N–C) groups is 1. The molecule has 3 rings (SSSR count). The maximum atomic E-state index is 4.76. The lowest BCUT2D eigenvalue weighted by Crippen LogP contribution is -2.51. The normalized spacial score (nSPS) is 17.8. The maximum absolute atomic E-state index is 4.76. The molecule has 2 aromatic rings. The van der Waals surface area contributed by atoms with Crippen molar-refractivity contribution in [3.05, 3.63) is 45.9 Å². The molecule has 27 heavy (non-hydrogen) atoms. The fraction of sp³-hybridized carbons (Fsp3) is 0.524. The molecule has 146 valence electrons. The third-order valence-electron chi connectivity index (χ3n) is 4.83. The van der Waals surface area contributed by atoms with Crippen molar-refractivity contribution >= 4 is 23.0 Å². The minimum Gasteiger partial charge on any atom is -0.369 e. The minimum atomic E-state index is 0.403. The number of hydrogen-bond donors (Lipinski definition) is 2. The number of rotatable bonds is 6. The quantitative estimate of drug-likeness (QED) is 0.588. The first-order valence-corrected chi connectivity index (χ1v) is 10.8. The van der Waals surface area contributed by atoms with E-state index in [4.69, 9.17) is 4.99 Å². The van der Waals surface area contributed by atoms with Crippen molar-refractivity contribution in [3.8, 4) is 0 Å². The van der Waals surface area contributed by atoms with Crippen molar-refractivity contribution in [1.82, 2.24) is 15.6 Å². The van der Waals surface area contributed by atoms with Crippen LogP contribution in [0.15, 0.2) is 35.5 Å². The van der Waals surface area contributed by atoms with Gasteiger partial charge in [-0.05, 0) is 45.2 Å². The number of nitrogens with zero attached hydrogens (tertiary/aromatic N) is 3. The molecule has 1 aromatic carbocycles. The largest absolute Gasteiger partial charge is 0.369 e. The van der Waals surface area contributed by atoms with Gasteiger partial charge in [0.2, 0.25) is 0 Å². The Morgan fingerprint density at radius 3 is 2.81 bits per heavy atom. The smallest absolute Gasteiger partial charge is 0.191 e. The zero-order valence-corrected chi connectivity index (χ0v) is 17.5. The van der Waals surface area contributed by atoms with Crippen LogP contribution in [0.25, 0.3) is 0 Å². The van der Waals surface area contributed by atoms with Gasteiger partial charge < -0.3 is 15.5 Å². The third-order valence-corrected chi connectivity index (χ3v) is 5.95. The average Bonchev–Trinajstić information content (AvgIpc) is 3.15. The number of aromatic nitrogens is 1. The molecule has 0 aliphatic carbocycles. The second-order valence-corrected chi connectivity index (χ2v) is 8.23. The van der Waals surface area contributed by atoms with Gasteiger partial charge >= 0.3 is 0 Å². The average molecular weight is 386 g/mol. The van der Waals surface area contributed by atoms with Gasteiger partial charge in [-0.3, -0.25) is 0 Å². The molecule has 2 N–H and O–H groups in total. The molecule has 0 bridgehead atoms. The summed E-state index contributed by atoms with van der Waals surface area (Å²) >= 11 is 1.76. The van der Waals surface area contributed by atoms with Gasteiger partial charge in [-0.25, -0.2) is 9.98 Å². The Labute approximate surface area is 166 Å². The Kier molecular flexibility index (Phi) is 7.10. The van der Waals surface area contributed by atoms with Crippen LogP contribution in [0.3, 0.4) is 0 Å². The lowest BCUT2D eigenvalue weighted by Gasteiger charge is -2.35. The number of anilines is 1. The lowest BCUT2D eigenvalue weighted by atomic mass is 10.0. The lowest BCUT2D eigenvalue weighted by molar-refractivity contribution is 0.468. The molecule has 1 unspecified atom stereocenters. The summed E-state index contributed by atoms with van der Waals surface area (Å²) in [7, 11) is 0. The van der Waals surface area contributed by atoms with E-state index in [0.29, 0.717) is 12.6 Å². The van der Waals surface area contributed by atoms with Crippen molar-refractivity contribution < 1.29 is 0 Å². The topological polar surface area (TPSA) is 52.6 Å². The molecule has 5 nitrogen and oxygen atoms in total. The second kappa shape index (κ2) is 9.74. The molecule has 1 aliphatic rings. The number of guanidine groups is 1. The van der Waals surface area contributed by atoms with Crippen LogP contribution in [-0.4, -0.2) is 36.6 Å². The van der Waals surface area contributed by atoms with Gasteiger partial charge in [0.25, 0.3) is 0 Å². The monoisotopic (exact) mass is 385 g/mol. The predicted molar refractivity (Wildman–Crippen MR) is 116 cm³/mol. The van der Waals surface area contributed by atoms with E-state index in [-0.39, 0.29) is 0 Å². The predicted octanol–water partition coefficient (Wildman–Crippen LogP) is 3.74. The zero-order valence-electron chi connectivity index (χ0n) is 16.7. The summed E-state index contributed by atoms with van der Waals surface area (Å²) in [5.41, 5.74) is 2.62. The van der Waals surface area contributed by atoms with Gasteiger partial charge in [0.05, 0.1) is 6.54 Å². The Balaban J connectivity index is 1.61. The van der Waals surface area contributed by atoms with Crippen molar-refractivity contribution in [2.75, 3.05) is 24.5 Å². The summed E-state index contributed by atoms with van der Waals surface area (Å²) in [6, 6.07) is 9.24. The summed E-state index contributed by atoms with van der Waals surface area (Å²) in [5, 5.41) is 8.09. The van der Waals surface area contributed by atoms with E-state index in [1.807, 2.05) is 6.20 Å². The van der Waals surface area contributed by atoms with E-state index in [0.717, 1.165) is 37.0 Å². The standard InChI is InChI=1S/C21H31N5S/c1-4-19-13-23-20(27-19)14-24-21(22-5-2)25-17-7-6-12-26(15-17)18-10-8-16(3)9-11-18/h8-11,13,17H,4-7,12,14-15H2,1-3H3,(H2,22,24,25). The maximum Gasteiger partial charge on any atom is 0.191 e. The Morgan fingerprint density at radius 2 is 2.11 bits per heavy atom. The SMILES string of the molecule is CCNC(=NCc1ncc(CC)s1)NC1CCCN(c2ccc(C)cc2)C1. The minimum absolute atomic E-state index is 0.403. The van der Waals surface area contributed by atoms with Crippen LogP contribution < -0.4 is 15.5 Å². The van der Waals surface area contributed by atoms with E-state index >= 15 is 0 Å². The summed E-state index contributed by atoms with van der Waals surface area (Å²) in [5.74, 6) is 0.890. The molecule has 2 heterocycles.